The second-order valence-corrected chi connectivity index (χ2v) is 5.08. The Labute approximate surface area is 117 Å². The fraction of sp³-hybridized carbons (Fsp3) is 0.500. The van der Waals surface area contributed by atoms with E-state index in [1.807, 2.05) is 13.8 Å². The average Bonchev–Trinajstić information content (AvgIpc) is 2.31. The van der Waals surface area contributed by atoms with Crippen molar-refractivity contribution in [3.63, 3.8) is 0 Å². The summed E-state index contributed by atoms with van der Waals surface area (Å²) in [4.78, 5) is 11.8. The molecule has 0 spiro atoms. The summed E-state index contributed by atoms with van der Waals surface area (Å²) in [5.41, 5.74) is 6.70. The van der Waals surface area contributed by atoms with Crippen molar-refractivity contribution >= 4 is 11.6 Å². The van der Waals surface area contributed by atoms with Gasteiger partial charge in [0.1, 0.15) is 5.75 Å². The molecule has 0 saturated heterocycles. The van der Waals surface area contributed by atoms with Gasteiger partial charge in [-0.1, -0.05) is 19.9 Å². The van der Waals surface area contributed by atoms with Crippen molar-refractivity contribution in [3.8, 4) is 5.75 Å². The lowest BCUT2D eigenvalue weighted by molar-refractivity contribution is -0.117. The number of hydrogen-bond donors (Lipinski definition) is 2. The number of halogens is 2. The van der Waals surface area contributed by atoms with Crippen LogP contribution < -0.4 is 15.8 Å². The van der Waals surface area contributed by atoms with Gasteiger partial charge in [-0.05, 0) is 30.9 Å². The summed E-state index contributed by atoms with van der Waals surface area (Å²) >= 11 is 0. The van der Waals surface area contributed by atoms with Crippen molar-refractivity contribution < 1.29 is 18.3 Å². The van der Waals surface area contributed by atoms with Gasteiger partial charge in [0, 0.05) is 11.8 Å². The van der Waals surface area contributed by atoms with E-state index in [1.165, 1.54) is 6.07 Å². The second kappa shape index (κ2) is 7.19. The molecule has 6 heteroatoms. The van der Waals surface area contributed by atoms with E-state index in [2.05, 4.69) is 10.1 Å². The number of ether oxygens (including phenoxy) is 1. The Kier molecular flexibility index (Phi) is 5.88. The third-order valence-corrected chi connectivity index (χ3v) is 2.73. The maximum atomic E-state index is 12.2. The predicted octanol–water partition coefficient (Wildman–Crippen LogP) is 2.91. The highest BCUT2D eigenvalue weighted by Crippen LogP contribution is 2.24. The quantitative estimate of drug-likeness (QED) is 0.845. The molecule has 20 heavy (non-hydrogen) atoms. The van der Waals surface area contributed by atoms with E-state index in [-0.39, 0.29) is 11.7 Å². The van der Waals surface area contributed by atoms with Gasteiger partial charge in [0.05, 0.1) is 6.04 Å². The molecule has 3 N–H and O–H groups in total. The summed E-state index contributed by atoms with van der Waals surface area (Å²) in [6.45, 7) is 2.68. The number of carbonyl (C=O) groups is 1. The van der Waals surface area contributed by atoms with Crippen molar-refractivity contribution in [1.29, 1.82) is 0 Å². The monoisotopic (exact) mass is 286 g/mol. The van der Waals surface area contributed by atoms with Crippen LogP contribution in [0.1, 0.15) is 25.8 Å². The molecular formula is C14H20F2N2O2. The van der Waals surface area contributed by atoms with Gasteiger partial charge in [-0.2, -0.15) is 8.78 Å². The summed E-state index contributed by atoms with van der Waals surface area (Å²) in [5, 5.41) is 2.60. The molecule has 0 aliphatic rings. The normalized spacial score (nSPS) is 12.6. The SMILES string of the molecule is Cc1ccc(NC(=O)[C@@H](N)CC(C)C)cc1OC(F)F. The molecule has 0 aliphatic heterocycles. The minimum atomic E-state index is -2.90. The molecule has 0 heterocycles. The first-order valence-corrected chi connectivity index (χ1v) is 6.41. The molecular weight excluding hydrogens is 266 g/mol. The highest BCUT2D eigenvalue weighted by molar-refractivity contribution is 5.94. The number of hydrogen-bond acceptors (Lipinski definition) is 3. The van der Waals surface area contributed by atoms with E-state index in [9.17, 15) is 13.6 Å². The van der Waals surface area contributed by atoms with Crippen LogP contribution in [0, 0.1) is 12.8 Å². The Morgan fingerprint density at radius 1 is 1.40 bits per heavy atom. The number of rotatable bonds is 6. The van der Waals surface area contributed by atoms with Gasteiger partial charge in [0.25, 0.3) is 0 Å². The van der Waals surface area contributed by atoms with Crippen LogP contribution in [0.2, 0.25) is 0 Å². The molecule has 112 valence electrons. The Bertz CT molecular complexity index is 464. The molecule has 1 aromatic carbocycles. The fourth-order valence-corrected chi connectivity index (χ4v) is 1.75. The number of nitrogens with two attached hydrogens (primary N) is 1. The molecule has 0 aromatic heterocycles. The summed E-state index contributed by atoms with van der Waals surface area (Å²) in [5.74, 6) is -0.00715. The van der Waals surface area contributed by atoms with Crippen LogP contribution in [0.25, 0.3) is 0 Å². The topological polar surface area (TPSA) is 64.4 Å². The van der Waals surface area contributed by atoms with Gasteiger partial charge < -0.3 is 15.8 Å². The first kappa shape index (κ1) is 16.4. The lowest BCUT2D eigenvalue weighted by Gasteiger charge is -2.15. The first-order chi connectivity index (χ1) is 9.29. The summed E-state index contributed by atoms with van der Waals surface area (Å²) in [7, 11) is 0. The number of aryl methyl sites for hydroxylation is 1. The maximum Gasteiger partial charge on any atom is 0.387 e. The van der Waals surface area contributed by atoms with Crippen molar-refractivity contribution in [2.45, 2.75) is 39.8 Å². The standard InChI is InChI=1S/C14H20F2N2O2/c1-8(2)6-11(17)13(19)18-10-5-4-9(3)12(7-10)20-14(15)16/h4-5,7-8,11,14H,6,17H2,1-3H3,(H,18,19)/t11-/m0/s1. The van der Waals surface area contributed by atoms with Crippen LogP contribution >= 0.6 is 0 Å². The molecule has 0 saturated carbocycles. The molecule has 0 bridgehead atoms. The zero-order valence-electron chi connectivity index (χ0n) is 11.8. The number of amides is 1. The van der Waals surface area contributed by atoms with Crippen LogP contribution in [-0.2, 0) is 4.79 Å². The van der Waals surface area contributed by atoms with Crippen LogP contribution in [0.5, 0.6) is 5.75 Å². The predicted molar refractivity (Wildman–Crippen MR) is 73.9 cm³/mol. The van der Waals surface area contributed by atoms with Gasteiger partial charge in [0.2, 0.25) is 5.91 Å². The van der Waals surface area contributed by atoms with E-state index < -0.39 is 12.7 Å². The smallest absolute Gasteiger partial charge is 0.387 e. The molecule has 1 amide bonds. The average molecular weight is 286 g/mol. The Morgan fingerprint density at radius 3 is 2.60 bits per heavy atom. The molecule has 0 fully saturated rings. The third-order valence-electron chi connectivity index (χ3n) is 2.73. The van der Waals surface area contributed by atoms with E-state index in [4.69, 9.17) is 5.73 Å². The number of nitrogens with one attached hydrogen (secondary N) is 1. The lowest BCUT2D eigenvalue weighted by atomic mass is 10.0. The van der Waals surface area contributed by atoms with Crippen molar-refractivity contribution in [1.82, 2.24) is 0 Å². The number of carbonyl (C=O) groups excluding carboxylic acids is 1. The molecule has 4 nitrogen and oxygen atoms in total. The third kappa shape index (κ3) is 5.13. The first-order valence-electron chi connectivity index (χ1n) is 6.41. The van der Waals surface area contributed by atoms with Crippen LogP contribution in [-0.4, -0.2) is 18.6 Å². The van der Waals surface area contributed by atoms with Gasteiger partial charge >= 0.3 is 6.61 Å². The Balaban J connectivity index is 2.75. The zero-order chi connectivity index (χ0) is 15.3. The molecule has 0 unspecified atom stereocenters. The molecule has 0 aliphatic carbocycles. The van der Waals surface area contributed by atoms with Gasteiger partial charge in [-0.25, -0.2) is 0 Å². The zero-order valence-corrected chi connectivity index (χ0v) is 11.8. The number of anilines is 1. The molecule has 1 aromatic rings. The summed E-state index contributed by atoms with van der Waals surface area (Å²) < 4.78 is 28.9. The van der Waals surface area contributed by atoms with E-state index in [1.54, 1.807) is 19.1 Å². The van der Waals surface area contributed by atoms with Crippen molar-refractivity contribution in [3.05, 3.63) is 23.8 Å². The van der Waals surface area contributed by atoms with Gasteiger partial charge in [-0.15, -0.1) is 0 Å². The van der Waals surface area contributed by atoms with E-state index in [0.717, 1.165) is 0 Å². The second-order valence-electron chi connectivity index (χ2n) is 5.08. The molecule has 1 rings (SSSR count). The Morgan fingerprint density at radius 2 is 2.05 bits per heavy atom. The fourth-order valence-electron chi connectivity index (χ4n) is 1.75. The van der Waals surface area contributed by atoms with Gasteiger partial charge in [0.15, 0.2) is 0 Å². The van der Waals surface area contributed by atoms with Gasteiger partial charge in [-0.3, -0.25) is 4.79 Å². The van der Waals surface area contributed by atoms with Crippen LogP contribution in [0.3, 0.4) is 0 Å². The largest absolute Gasteiger partial charge is 0.434 e. The van der Waals surface area contributed by atoms with Crippen LogP contribution in [0.15, 0.2) is 18.2 Å². The highest BCUT2D eigenvalue weighted by Gasteiger charge is 2.16. The summed E-state index contributed by atoms with van der Waals surface area (Å²) in [6, 6.07) is 3.95. The minimum absolute atomic E-state index is 0.0373. The van der Waals surface area contributed by atoms with E-state index in [0.29, 0.717) is 23.6 Å². The number of alkyl halides is 2. The lowest BCUT2D eigenvalue weighted by Crippen LogP contribution is -2.36. The summed E-state index contributed by atoms with van der Waals surface area (Å²) in [6.07, 6.45) is 0.554. The molecule has 0 radical (unpaired) electrons. The molecule has 1 atom stereocenters. The maximum absolute atomic E-state index is 12.2. The minimum Gasteiger partial charge on any atom is -0.434 e. The highest BCUT2D eigenvalue weighted by atomic mass is 19.3. The van der Waals surface area contributed by atoms with Crippen molar-refractivity contribution in [2.75, 3.05) is 5.32 Å². The van der Waals surface area contributed by atoms with Crippen molar-refractivity contribution in [2.24, 2.45) is 11.7 Å². The van der Waals surface area contributed by atoms with E-state index >= 15 is 0 Å². The van der Waals surface area contributed by atoms with Crippen LogP contribution in [0.4, 0.5) is 14.5 Å². The Hall–Kier alpha value is -1.69. The number of benzene rings is 1.